The molecular weight excluding hydrogens is 222 g/mol. The topological polar surface area (TPSA) is 77.3 Å². The molecular formula is C11H13N3O3. The Morgan fingerprint density at radius 1 is 1.71 bits per heavy atom. The van der Waals surface area contributed by atoms with E-state index in [1.165, 1.54) is 12.1 Å². The van der Waals surface area contributed by atoms with Crippen LogP contribution in [0.15, 0.2) is 12.1 Å². The molecule has 0 radical (unpaired) electrons. The molecule has 0 saturated heterocycles. The molecule has 0 fully saturated rings. The van der Waals surface area contributed by atoms with E-state index in [9.17, 15) is 10.1 Å². The molecule has 0 aliphatic rings. The minimum Gasteiger partial charge on any atom is -0.457 e. The van der Waals surface area contributed by atoms with Crippen LogP contribution >= 0.6 is 0 Å². The Balaban J connectivity index is 3.07. The number of nitrogens with zero attached hydrogens (tertiary/aromatic N) is 2. The lowest BCUT2D eigenvalue weighted by Gasteiger charge is -2.09. The minimum absolute atomic E-state index is 0.0705. The first-order chi connectivity index (χ1) is 8.08. The van der Waals surface area contributed by atoms with Crippen molar-refractivity contribution in [1.29, 1.82) is 0 Å². The number of anilines is 1. The van der Waals surface area contributed by atoms with E-state index in [4.69, 9.17) is 11.2 Å². The number of hydrogen-bond donors (Lipinski definition) is 1. The zero-order chi connectivity index (χ0) is 12.8. The van der Waals surface area contributed by atoms with Gasteiger partial charge in [-0.1, -0.05) is 5.92 Å². The number of rotatable bonds is 5. The van der Waals surface area contributed by atoms with Gasteiger partial charge in [0, 0.05) is 12.6 Å². The molecule has 90 valence electrons. The summed E-state index contributed by atoms with van der Waals surface area (Å²) in [5, 5.41) is 13.7. The van der Waals surface area contributed by atoms with Gasteiger partial charge in [0.05, 0.1) is 4.92 Å². The third kappa shape index (κ3) is 3.34. The van der Waals surface area contributed by atoms with Gasteiger partial charge in [-0.05, 0) is 19.9 Å². The first-order valence-electron chi connectivity index (χ1n) is 5.10. The van der Waals surface area contributed by atoms with Crippen LogP contribution in [0.5, 0.6) is 5.88 Å². The third-order valence-electron chi connectivity index (χ3n) is 1.92. The Morgan fingerprint density at radius 2 is 2.41 bits per heavy atom. The molecule has 0 aromatic carbocycles. The third-order valence-corrected chi connectivity index (χ3v) is 1.92. The zero-order valence-electron chi connectivity index (χ0n) is 9.64. The summed E-state index contributed by atoms with van der Waals surface area (Å²) in [5.74, 6) is 2.77. The van der Waals surface area contributed by atoms with Crippen molar-refractivity contribution < 1.29 is 9.66 Å². The summed E-state index contributed by atoms with van der Waals surface area (Å²) < 4.78 is 5.21. The molecule has 6 nitrogen and oxygen atoms in total. The van der Waals surface area contributed by atoms with Crippen LogP contribution in [0, 0.1) is 22.5 Å². The first kappa shape index (κ1) is 12.8. The number of nitro groups is 1. The summed E-state index contributed by atoms with van der Waals surface area (Å²) in [4.78, 5) is 14.2. The first-order valence-corrected chi connectivity index (χ1v) is 5.10. The number of nitrogens with one attached hydrogen (secondary N) is 1. The highest BCUT2D eigenvalue weighted by Crippen LogP contribution is 2.26. The molecule has 1 aromatic heterocycles. The maximum atomic E-state index is 10.8. The van der Waals surface area contributed by atoms with E-state index in [1.807, 2.05) is 6.92 Å². The Bertz CT molecular complexity index is 454. The van der Waals surface area contributed by atoms with Crippen LogP contribution in [0.25, 0.3) is 0 Å². The van der Waals surface area contributed by atoms with Crippen LogP contribution in [0.1, 0.15) is 13.8 Å². The molecule has 1 unspecified atom stereocenters. The highest BCUT2D eigenvalue weighted by atomic mass is 16.6. The van der Waals surface area contributed by atoms with Crippen molar-refractivity contribution in [3.8, 4) is 18.2 Å². The van der Waals surface area contributed by atoms with Gasteiger partial charge in [0.1, 0.15) is 5.82 Å². The van der Waals surface area contributed by atoms with Crippen molar-refractivity contribution in [3.05, 3.63) is 22.2 Å². The van der Waals surface area contributed by atoms with Crippen molar-refractivity contribution in [3.63, 3.8) is 0 Å². The molecule has 1 aromatic rings. The summed E-state index contributed by atoms with van der Waals surface area (Å²) in [6.07, 6.45) is 4.58. The van der Waals surface area contributed by atoms with E-state index in [1.54, 1.807) is 6.92 Å². The molecule has 0 amide bonds. The predicted molar refractivity (Wildman–Crippen MR) is 64.0 cm³/mol. The van der Waals surface area contributed by atoms with E-state index >= 15 is 0 Å². The maximum absolute atomic E-state index is 10.8. The fraction of sp³-hybridized carbons (Fsp3) is 0.364. The van der Waals surface area contributed by atoms with Gasteiger partial charge in [-0.3, -0.25) is 10.1 Å². The van der Waals surface area contributed by atoms with Crippen molar-refractivity contribution in [2.45, 2.75) is 20.0 Å². The molecule has 0 aliphatic heterocycles. The molecule has 6 heteroatoms. The van der Waals surface area contributed by atoms with Gasteiger partial charge in [0.25, 0.3) is 5.88 Å². The molecule has 17 heavy (non-hydrogen) atoms. The van der Waals surface area contributed by atoms with E-state index < -0.39 is 11.0 Å². The molecule has 0 saturated carbocycles. The minimum atomic E-state index is -0.571. The standard InChI is InChI=1S/C11H13N3O3/c1-4-8(3)17-11-9(14(15)16)6-7-10(13-11)12-5-2/h1,6-8H,5H2,2-3H3,(H,12,13). The highest BCUT2D eigenvalue weighted by Gasteiger charge is 2.19. The normalized spacial score (nSPS) is 11.4. The molecule has 1 rings (SSSR count). The molecule has 1 N–H and O–H groups in total. The summed E-state index contributed by atoms with van der Waals surface area (Å²) in [5.41, 5.74) is -0.200. The van der Waals surface area contributed by atoms with Crippen LogP contribution in [-0.4, -0.2) is 22.6 Å². The maximum Gasteiger partial charge on any atom is 0.331 e. The van der Waals surface area contributed by atoms with E-state index in [2.05, 4.69) is 16.2 Å². The second-order valence-electron chi connectivity index (χ2n) is 3.23. The Kier molecular flexibility index (Phi) is 4.29. The Hall–Kier alpha value is -2.29. The van der Waals surface area contributed by atoms with Crippen molar-refractivity contribution in [1.82, 2.24) is 4.98 Å². The van der Waals surface area contributed by atoms with Gasteiger partial charge in [-0.25, -0.2) is 0 Å². The number of hydrogen-bond acceptors (Lipinski definition) is 5. The lowest BCUT2D eigenvalue weighted by Crippen LogP contribution is -2.12. The molecule has 1 atom stereocenters. The molecule has 0 aliphatic carbocycles. The second kappa shape index (κ2) is 5.70. The lowest BCUT2D eigenvalue weighted by molar-refractivity contribution is -0.386. The van der Waals surface area contributed by atoms with Gasteiger partial charge in [0.2, 0.25) is 0 Å². The molecule has 0 bridgehead atoms. The van der Waals surface area contributed by atoms with Gasteiger partial charge in [-0.2, -0.15) is 4.98 Å². The summed E-state index contributed by atoms with van der Waals surface area (Å²) >= 11 is 0. The summed E-state index contributed by atoms with van der Waals surface area (Å²) in [6, 6.07) is 2.86. The zero-order valence-corrected chi connectivity index (χ0v) is 9.64. The monoisotopic (exact) mass is 235 g/mol. The van der Waals surface area contributed by atoms with Crippen molar-refractivity contribution in [2.75, 3.05) is 11.9 Å². The van der Waals surface area contributed by atoms with Crippen LogP contribution in [0.3, 0.4) is 0 Å². The molecule has 1 heterocycles. The number of aromatic nitrogens is 1. The van der Waals surface area contributed by atoms with Crippen LogP contribution in [-0.2, 0) is 0 Å². The van der Waals surface area contributed by atoms with Gasteiger partial charge < -0.3 is 10.1 Å². The van der Waals surface area contributed by atoms with Crippen molar-refractivity contribution in [2.24, 2.45) is 0 Å². The SMILES string of the molecule is C#CC(C)Oc1nc(NCC)ccc1[N+](=O)[O-]. The highest BCUT2D eigenvalue weighted by molar-refractivity contribution is 5.49. The Morgan fingerprint density at radius 3 is 2.94 bits per heavy atom. The van der Waals surface area contributed by atoms with Gasteiger partial charge in [-0.15, -0.1) is 6.42 Å². The largest absolute Gasteiger partial charge is 0.457 e. The Labute approximate surface area is 99.2 Å². The number of ether oxygens (including phenoxy) is 1. The average molecular weight is 235 g/mol. The average Bonchev–Trinajstić information content (AvgIpc) is 2.29. The van der Waals surface area contributed by atoms with E-state index in [0.29, 0.717) is 12.4 Å². The fourth-order valence-electron chi connectivity index (χ4n) is 1.14. The summed E-state index contributed by atoms with van der Waals surface area (Å²) in [6.45, 7) is 4.17. The summed E-state index contributed by atoms with van der Waals surface area (Å²) in [7, 11) is 0. The van der Waals surface area contributed by atoms with Crippen LogP contribution < -0.4 is 10.1 Å². The number of terminal acetylenes is 1. The quantitative estimate of drug-likeness (QED) is 0.478. The smallest absolute Gasteiger partial charge is 0.331 e. The van der Waals surface area contributed by atoms with Gasteiger partial charge in [0.15, 0.2) is 6.10 Å². The van der Waals surface area contributed by atoms with Gasteiger partial charge >= 0.3 is 5.69 Å². The van der Waals surface area contributed by atoms with Crippen LogP contribution in [0.2, 0.25) is 0 Å². The van der Waals surface area contributed by atoms with E-state index in [-0.39, 0.29) is 11.6 Å². The fourth-order valence-corrected chi connectivity index (χ4v) is 1.14. The van der Waals surface area contributed by atoms with E-state index in [0.717, 1.165) is 0 Å². The van der Waals surface area contributed by atoms with Crippen LogP contribution in [0.4, 0.5) is 11.5 Å². The second-order valence-corrected chi connectivity index (χ2v) is 3.23. The number of pyridine rings is 1. The van der Waals surface area contributed by atoms with Crippen molar-refractivity contribution >= 4 is 11.5 Å². The predicted octanol–water partition coefficient (Wildman–Crippen LogP) is 1.82. The molecule has 0 spiro atoms. The lowest BCUT2D eigenvalue weighted by atomic mass is 10.3.